The second-order valence-corrected chi connectivity index (χ2v) is 14.7. The summed E-state index contributed by atoms with van der Waals surface area (Å²) in [4.78, 5) is 12.1. The molecule has 2 aliphatic carbocycles. The number of ketones is 1. The monoisotopic (exact) mass is 374 g/mol. The number of carbonyl (C=O) groups excluding carboxylic acids is 1. The van der Waals surface area contributed by atoms with Gasteiger partial charge in [-0.05, 0) is 48.7 Å². The molecule has 0 bridgehead atoms. The number of hydrogen-bond donors (Lipinski definition) is 0. The Morgan fingerprint density at radius 1 is 1.29 bits per heavy atom. The summed E-state index contributed by atoms with van der Waals surface area (Å²) in [6.45, 7) is 14.0. The van der Waals surface area contributed by atoms with Gasteiger partial charge in [-0.3, -0.25) is 4.79 Å². The molecule has 0 radical (unpaired) electrons. The Hall–Kier alpha value is 0.327. The van der Waals surface area contributed by atoms with E-state index in [2.05, 4.69) is 56.7 Å². The smallest absolute Gasteiger partial charge is 0.192 e. The number of Topliss-reactive ketones (excluding diaryl/α,β-unsaturated/α-hetero) is 1. The van der Waals surface area contributed by atoms with Crippen LogP contribution >= 0.6 is 15.9 Å². The Morgan fingerprint density at radius 2 is 1.90 bits per heavy atom. The van der Waals surface area contributed by atoms with E-state index in [4.69, 9.17) is 4.43 Å². The fraction of sp³-hybridized carbons (Fsp3) is 0.941. The zero-order valence-electron chi connectivity index (χ0n) is 14.5. The first-order valence-corrected chi connectivity index (χ1v) is 12.1. The van der Waals surface area contributed by atoms with Crippen LogP contribution in [0, 0.1) is 11.3 Å². The van der Waals surface area contributed by atoms with Crippen molar-refractivity contribution in [1.29, 1.82) is 0 Å². The van der Waals surface area contributed by atoms with E-state index in [1.54, 1.807) is 0 Å². The molecule has 21 heavy (non-hydrogen) atoms. The molecule has 2 saturated carbocycles. The standard InChI is InChI=1S/C17H31BrO2Si/c1-16(2,3)21(5,6)20-15-9-7-8-12-10-14(19)13(18)11-17(12,15)4/h12-13,15H,7-11H2,1-6H3/t12-,13+,15-,17-/m1/s1. The number of carbonyl (C=O) groups is 1. The van der Waals surface area contributed by atoms with Gasteiger partial charge in [0.15, 0.2) is 8.32 Å². The third kappa shape index (κ3) is 3.32. The first kappa shape index (κ1) is 17.7. The SMILES string of the molecule is CC(C)(C)[Si](C)(C)O[C@@H]1CCC[C@@H]2CC(=O)[C@@H](Br)C[C@]21C. The summed E-state index contributed by atoms with van der Waals surface area (Å²) in [5.41, 5.74) is 0.163. The molecule has 0 N–H and O–H groups in total. The van der Waals surface area contributed by atoms with E-state index in [1.165, 1.54) is 12.8 Å². The van der Waals surface area contributed by atoms with Crippen molar-refractivity contribution >= 4 is 30.0 Å². The van der Waals surface area contributed by atoms with Crippen molar-refractivity contribution in [2.45, 2.75) is 88.9 Å². The summed E-state index contributed by atoms with van der Waals surface area (Å²) in [6.07, 6.45) is 5.57. The Kier molecular flexibility index (Phi) is 4.84. The van der Waals surface area contributed by atoms with E-state index in [1.807, 2.05) is 0 Å². The lowest BCUT2D eigenvalue weighted by atomic mass is 9.59. The summed E-state index contributed by atoms with van der Waals surface area (Å²) < 4.78 is 6.81. The predicted molar refractivity (Wildman–Crippen MR) is 94.5 cm³/mol. The Labute approximate surface area is 139 Å². The van der Waals surface area contributed by atoms with Gasteiger partial charge in [-0.15, -0.1) is 0 Å². The summed E-state index contributed by atoms with van der Waals surface area (Å²) >= 11 is 3.60. The maximum absolute atomic E-state index is 12.1. The molecule has 4 atom stereocenters. The number of fused-ring (bicyclic) bond motifs is 1. The number of hydrogen-bond acceptors (Lipinski definition) is 2. The highest BCUT2D eigenvalue weighted by molar-refractivity contribution is 9.10. The Bertz CT molecular complexity index is 416. The minimum absolute atomic E-state index is 0.0300. The molecule has 0 heterocycles. The van der Waals surface area contributed by atoms with Crippen molar-refractivity contribution < 1.29 is 9.22 Å². The summed E-state index contributed by atoms with van der Waals surface area (Å²) in [6, 6.07) is 0. The maximum atomic E-state index is 12.1. The third-order valence-electron chi connectivity index (χ3n) is 6.35. The molecule has 2 aliphatic rings. The summed E-state index contributed by atoms with van der Waals surface area (Å²) in [5, 5.41) is 0.245. The lowest BCUT2D eigenvalue weighted by molar-refractivity contribution is -0.129. The van der Waals surface area contributed by atoms with E-state index in [0.29, 0.717) is 17.8 Å². The van der Waals surface area contributed by atoms with Gasteiger partial charge in [0.25, 0.3) is 0 Å². The van der Waals surface area contributed by atoms with Gasteiger partial charge in [0.2, 0.25) is 0 Å². The van der Waals surface area contributed by atoms with Crippen molar-refractivity contribution in [3.05, 3.63) is 0 Å². The molecule has 0 aromatic carbocycles. The molecule has 2 fully saturated rings. The van der Waals surface area contributed by atoms with Gasteiger partial charge in [0.05, 0.1) is 10.9 Å². The lowest BCUT2D eigenvalue weighted by Crippen LogP contribution is -2.55. The molecule has 0 amide bonds. The molecule has 2 rings (SSSR count). The van der Waals surface area contributed by atoms with Crippen LogP contribution < -0.4 is 0 Å². The average molecular weight is 375 g/mol. The number of alkyl halides is 1. The van der Waals surface area contributed by atoms with Gasteiger partial charge in [-0.1, -0.05) is 50.0 Å². The van der Waals surface area contributed by atoms with Crippen molar-refractivity contribution in [3.8, 4) is 0 Å². The van der Waals surface area contributed by atoms with Crippen LogP contribution in [0.2, 0.25) is 18.1 Å². The fourth-order valence-electron chi connectivity index (χ4n) is 3.70. The molecular formula is C17H31BrO2Si. The summed E-state index contributed by atoms with van der Waals surface area (Å²) in [5.74, 6) is 0.910. The summed E-state index contributed by atoms with van der Waals surface area (Å²) in [7, 11) is -1.75. The Morgan fingerprint density at radius 3 is 2.48 bits per heavy atom. The lowest BCUT2D eigenvalue weighted by Gasteiger charge is -2.54. The van der Waals surface area contributed by atoms with Gasteiger partial charge < -0.3 is 4.43 Å². The van der Waals surface area contributed by atoms with Crippen molar-refractivity contribution in [2.75, 3.05) is 0 Å². The van der Waals surface area contributed by atoms with E-state index >= 15 is 0 Å². The highest BCUT2D eigenvalue weighted by Gasteiger charge is 2.52. The average Bonchev–Trinajstić information content (AvgIpc) is 2.31. The van der Waals surface area contributed by atoms with Crippen LogP contribution in [0.4, 0.5) is 0 Å². The van der Waals surface area contributed by atoms with E-state index in [-0.39, 0.29) is 15.3 Å². The van der Waals surface area contributed by atoms with Gasteiger partial charge >= 0.3 is 0 Å². The minimum atomic E-state index is -1.75. The van der Waals surface area contributed by atoms with E-state index < -0.39 is 8.32 Å². The van der Waals surface area contributed by atoms with Crippen molar-refractivity contribution in [1.82, 2.24) is 0 Å². The zero-order chi connectivity index (χ0) is 16.1. The van der Waals surface area contributed by atoms with Crippen molar-refractivity contribution in [2.24, 2.45) is 11.3 Å². The molecule has 0 saturated heterocycles. The molecular weight excluding hydrogens is 344 g/mol. The molecule has 0 aromatic rings. The van der Waals surface area contributed by atoms with Crippen LogP contribution in [-0.2, 0) is 9.22 Å². The first-order chi connectivity index (χ1) is 9.47. The predicted octanol–water partition coefficient (Wildman–Crippen LogP) is 5.31. The van der Waals surface area contributed by atoms with Crippen LogP contribution in [-0.4, -0.2) is 25.0 Å². The van der Waals surface area contributed by atoms with Crippen LogP contribution in [0.3, 0.4) is 0 Å². The highest BCUT2D eigenvalue weighted by Crippen LogP contribution is 2.53. The third-order valence-corrected chi connectivity index (χ3v) is 11.7. The maximum Gasteiger partial charge on any atom is 0.192 e. The largest absolute Gasteiger partial charge is 0.413 e. The molecule has 0 aromatic heterocycles. The molecule has 122 valence electrons. The molecule has 2 nitrogen and oxygen atoms in total. The van der Waals surface area contributed by atoms with Crippen LogP contribution in [0.15, 0.2) is 0 Å². The minimum Gasteiger partial charge on any atom is -0.413 e. The molecule has 0 aliphatic heterocycles. The van der Waals surface area contributed by atoms with Gasteiger partial charge in [0, 0.05) is 6.42 Å². The molecule has 4 heteroatoms. The van der Waals surface area contributed by atoms with Gasteiger partial charge in [0.1, 0.15) is 5.78 Å². The molecule has 0 spiro atoms. The van der Waals surface area contributed by atoms with E-state index in [0.717, 1.165) is 19.3 Å². The fourth-order valence-corrected chi connectivity index (χ4v) is 6.04. The van der Waals surface area contributed by atoms with Crippen LogP contribution in [0.25, 0.3) is 0 Å². The molecule has 0 unspecified atom stereocenters. The highest BCUT2D eigenvalue weighted by atomic mass is 79.9. The number of rotatable bonds is 2. The van der Waals surface area contributed by atoms with Crippen molar-refractivity contribution in [3.63, 3.8) is 0 Å². The van der Waals surface area contributed by atoms with E-state index in [9.17, 15) is 4.79 Å². The van der Waals surface area contributed by atoms with Crippen LogP contribution in [0.1, 0.15) is 59.8 Å². The quantitative estimate of drug-likeness (QED) is 0.483. The second-order valence-electron chi connectivity index (χ2n) is 8.84. The zero-order valence-corrected chi connectivity index (χ0v) is 17.0. The Balaban J connectivity index is 2.21. The van der Waals surface area contributed by atoms with Gasteiger partial charge in [-0.25, -0.2) is 0 Å². The first-order valence-electron chi connectivity index (χ1n) is 8.32. The van der Waals surface area contributed by atoms with Gasteiger partial charge in [-0.2, -0.15) is 0 Å². The second kappa shape index (κ2) is 5.75. The number of halogens is 1. The normalized spacial score (nSPS) is 38.2. The topological polar surface area (TPSA) is 26.3 Å². The van der Waals surface area contributed by atoms with Crippen LogP contribution in [0.5, 0.6) is 0 Å².